The fourth-order valence-electron chi connectivity index (χ4n) is 3.35. The highest BCUT2D eigenvalue weighted by molar-refractivity contribution is 9.10. The van der Waals surface area contributed by atoms with Gasteiger partial charge in [0.25, 0.3) is 5.56 Å². The summed E-state index contributed by atoms with van der Waals surface area (Å²) < 4.78 is 15.8. The molecule has 0 fully saturated rings. The number of imidazole rings is 1. The van der Waals surface area contributed by atoms with Crippen molar-refractivity contribution >= 4 is 38.7 Å². The van der Waals surface area contributed by atoms with Crippen molar-refractivity contribution in [2.24, 2.45) is 14.1 Å². The number of nitrogens with zero attached hydrogens (tertiary/aromatic N) is 4. The first-order valence-corrected chi connectivity index (χ1v) is 10.2. The fraction of sp³-hybridized carbons (Fsp3) is 0.368. The van der Waals surface area contributed by atoms with E-state index < -0.39 is 11.2 Å². The van der Waals surface area contributed by atoms with Gasteiger partial charge in [0.05, 0.1) is 12.0 Å². The molecular formula is C19H20BrN5O5. The van der Waals surface area contributed by atoms with Gasteiger partial charge < -0.3 is 19.4 Å². The van der Waals surface area contributed by atoms with E-state index in [2.05, 4.69) is 26.2 Å². The first-order valence-electron chi connectivity index (χ1n) is 9.36. The minimum atomic E-state index is -0.429. The molecule has 1 aliphatic heterocycles. The van der Waals surface area contributed by atoms with Crippen molar-refractivity contribution in [2.45, 2.75) is 19.4 Å². The van der Waals surface area contributed by atoms with Crippen LogP contribution >= 0.6 is 15.9 Å². The van der Waals surface area contributed by atoms with Gasteiger partial charge in [-0.3, -0.25) is 18.7 Å². The molecule has 30 heavy (non-hydrogen) atoms. The predicted molar refractivity (Wildman–Crippen MR) is 113 cm³/mol. The van der Waals surface area contributed by atoms with Crippen LogP contribution in [0.5, 0.6) is 11.5 Å². The van der Waals surface area contributed by atoms with E-state index in [1.807, 2.05) is 0 Å². The maximum Gasteiger partial charge on any atom is 0.332 e. The number of amides is 1. The number of hydrogen-bond donors (Lipinski definition) is 1. The maximum absolute atomic E-state index is 12.5. The average molecular weight is 478 g/mol. The molecule has 1 N–H and O–H groups in total. The van der Waals surface area contributed by atoms with Gasteiger partial charge >= 0.3 is 5.69 Å². The van der Waals surface area contributed by atoms with Crippen LogP contribution in [0, 0.1) is 0 Å². The summed E-state index contributed by atoms with van der Waals surface area (Å²) in [5.41, 5.74) is 0.431. The van der Waals surface area contributed by atoms with E-state index in [0.29, 0.717) is 59.0 Å². The highest BCUT2D eigenvalue weighted by Crippen LogP contribution is 2.38. The van der Waals surface area contributed by atoms with Crippen molar-refractivity contribution in [2.75, 3.05) is 18.5 Å². The molecule has 0 spiro atoms. The lowest BCUT2D eigenvalue weighted by molar-refractivity contribution is -0.116. The lowest BCUT2D eigenvalue weighted by Crippen LogP contribution is -2.37. The second-order valence-corrected chi connectivity index (χ2v) is 7.80. The van der Waals surface area contributed by atoms with Gasteiger partial charge in [-0.15, -0.1) is 0 Å². The van der Waals surface area contributed by atoms with E-state index in [9.17, 15) is 14.4 Å². The summed E-state index contributed by atoms with van der Waals surface area (Å²) in [4.78, 5) is 41.1. The molecular weight excluding hydrogens is 458 g/mol. The molecule has 0 radical (unpaired) electrons. The largest absolute Gasteiger partial charge is 0.486 e. The summed E-state index contributed by atoms with van der Waals surface area (Å²) in [6.45, 7) is 1.37. The van der Waals surface area contributed by atoms with Crippen LogP contribution in [-0.4, -0.2) is 37.8 Å². The van der Waals surface area contributed by atoms with Crippen molar-refractivity contribution in [1.29, 1.82) is 0 Å². The zero-order valence-corrected chi connectivity index (χ0v) is 18.1. The molecule has 1 aliphatic rings. The summed E-state index contributed by atoms with van der Waals surface area (Å²) in [6.07, 6.45) is 2.25. The maximum atomic E-state index is 12.5. The molecule has 1 aromatic carbocycles. The van der Waals surface area contributed by atoms with Crippen LogP contribution in [-0.2, 0) is 25.4 Å². The Morgan fingerprint density at radius 3 is 2.60 bits per heavy atom. The zero-order valence-electron chi connectivity index (χ0n) is 16.5. The number of carbonyl (C=O) groups excluding carboxylic acids is 1. The van der Waals surface area contributed by atoms with Gasteiger partial charge in [-0.05, 0) is 22.4 Å². The normalized spacial score (nSPS) is 12.9. The third-order valence-corrected chi connectivity index (χ3v) is 5.58. The minimum absolute atomic E-state index is 0.169. The van der Waals surface area contributed by atoms with Crippen LogP contribution < -0.4 is 26.0 Å². The van der Waals surface area contributed by atoms with E-state index in [1.54, 1.807) is 23.7 Å². The quantitative estimate of drug-likeness (QED) is 0.594. The summed E-state index contributed by atoms with van der Waals surface area (Å²) in [5.74, 6) is 1.05. The molecule has 11 heteroatoms. The Bertz CT molecular complexity index is 1260. The average Bonchev–Trinajstić information content (AvgIpc) is 3.15. The standard InChI is InChI=1S/C19H20BrN5O5/c1-23-17-16(18(27)24(2)19(23)28)25(10-21-17)5-3-4-15(26)22-12-9-14-13(8-11(12)20)29-6-7-30-14/h8-10H,3-7H2,1-2H3,(H,22,26). The Morgan fingerprint density at radius 2 is 1.87 bits per heavy atom. The van der Waals surface area contributed by atoms with Crippen LogP contribution in [0.15, 0.2) is 32.5 Å². The van der Waals surface area contributed by atoms with Crippen LogP contribution in [0.1, 0.15) is 12.8 Å². The molecule has 3 heterocycles. The first kappa shape index (κ1) is 20.2. The van der Waals surface area contributed by atoms with Gasteiger partial charge in [0.1, 0.15) is 13.2 Å². The molecule has 0 bridgehead atoms. The van der Waals surface area contributed by atoms with E-state index in [1.165, 1.54) is 17.9 Å². The number of aromatic nitrogens is 4. The monoisotopic (exact) mass is 477 g/mol. The summed E-state index contributed by atoms with van der Waals surface area (Å²) in [6, 6.07) is 3.49. The first-order chi connectivity index (χ1) is 14.4. The smallest absolute Gasteiger partial charge is 0.332 e. The predicted octanol–water partition coefficient (Wildman–Crippen LogP) is 1.39. The summed E-state index contributed by atoms with van der Waals surface area (Å²) in [5, 5.41) is 2.86. The molecule has 0 unspecified atom stereocenters. The lowest BCUT2D eigenvalue weighted by atomic mass is 10.2. The number of aryl methyl sites for hydroxylation is 2. The number of fused-ring (bicyclic) bond motifs is 2. The summed E-state index contributed by atoms with van der Waals surface area (Å²) in [7, 11) is 3.00. The summed E-state index contributed by atoms with van der Waals surface area (Å²) >= 11 is 3.43. The second-order valence-electron chi connectivity index (χ2n) is 6.94. The lowest BCUT2D eigenvalue weighted by Gasteiger charge is -2.20. The van der Waals surface area contributed by atoms with Gasteiger partial charge in [0.2, 0.25) is 5.91 Å². The Kier molecular flexibility index (Phi) is 5.37. The second kappa shape index (κ2) is 7.98. The molecule has 2 aromatic heterocycles. The van der Waals surface area contributed by atoms with E-state index in [4.69, 9.17) is 9.47 Å². The molecule has 3 aromatic rings. The Labute approximate surface area is 179 Å². The molecule has 0 saturated heterocycles. The van der Waals surface area contributed by atoms with Crippen molar-refractivity contribution in [3.63, 3.8) is 0 Å². The van der Waals surface area contributed by atoms with Gasteiger partial charge in [-0.2, -0.15) is 0 Å². The third kappa shape index (κ3) is 3.60. The third-order valence-electron chi connectivity index (χ3n) is 4.93. The van der Waals surface area contributed by atoms with Crippen LogP contribution in [0.2, 0.25) is 0 Å². The molecule has 158 valence electrons. The van der Waals surface area contributed by atoms with Crippen LogP contribution in [0.25, 0.3) is 11.2 Å². The van der Waals surface area contributed by atoms with Crippen LogP contribution in [0.3, 0.4) is 0 Å². The number of rotatable bonds is 5. The highest BCUT2D eigenvalue weighted by atomic mass is 79.9. The van der Waals surface area contributed by atoms with Crippen molar-refractivity contribution < 1.29 is 14.3 Å². The Hall–Kier alpha value is -3.08. The number of halogens is 1. The number of nitrogens with one attached hydrogen (secondary N) is 1. The fourth-order valence-corrected chi connectivity index (χ4v) is 3.77. The van der Waals surface area contributed by atoms with E-state index >= 15 is 0 Å². The molecule has 10 nitrogen and oxygen atoms in total. The Morgan fingerprint density at radius 1 is 1.17 bits per heavy atom. The molecule has 0 aliphatic carbocycles. The van der Waals surface area contributed by atoms with Gasteiger partial charge in [-0.1, -0.05) is 0 Å². The van der Waals surface area contributed by atoms with Gasteiger partial charge in [0.15, 0.2) is 22.7 Å². The van der Waals surface area contributed by atoms with Crippen molar-refractivity contribution in [3.8, 4) is 11.5 Å². The zero-order chi connectivity index (χ0) is 21.4. The molecule has 1 amide bonds. The SMILES string of the molecule is Cn1c(=O)c2c(ncn2CCCC(=O)Nc2cc3c(cc2Br)OCCO3)n(C)c1=O. The van der Waals surface area contributed by atoms with Gasteiger partial charge in [0, 0.05) is 43.7 Å². The Balaban J connectivity index is 1.44. The number of benzene rings is 1. The van der Waals surface area contributed by atoms with Crippen LogP contribution in [0.4, 0.5) is 5.69 Å². The number of carbonyl (C=O) groups is 1. The molecule has 4 rings (SSSR count). The van der Waals surface area contributed by atoms with E-state index in [0.717, 1.165) is 4.57 Å². The topological polar surface area (TPSA) is 109 Å². The molecule has 0 saturated carbocycles. The van der Waals surface area contributed by atoms with Crippen molar-refractivity contribution in [1.82, 2.24) is 18.7 Å². The number of ether oxygens (including phenoxy) is 2. The van der Waals surface area contributed by atoms with Crippen molar-refractivity contribution in [3.05, 3.63) is 43.8 Å². The number of hydrogen-bond acceptors (Lipinski definition) is 6. The van der Waals surface area contributed by atoms with E-state index in [-0.39, 0.29) is 12.3 Å². The highest BCUT2D eigenvalue weighted by Gasteiger charge is 2.17. The van der Waals surface area contributed by atoms with Gasteiger partial charge in [-0.25, -0.2) is 9.78 Å². The minimum Gasteiger partial charge on any atom is -0.486 e. The molecule has 0 atom stereocenters. The number of anilines is 1.